The van der Waals surface area contributed by atoms with Gasteiger partial charge in [0.05, 0.1) is 6.26 Å². The molecule has 0 spiro atoms. The van der Waals surface area contributed by atoms with Crippen molar-refractivity contribution in [2.45, 2.75) is 6.92 Å². The minimum absolute atomic E-state index is 0.0560. The third kappa shape index (κ3) is 4.51. The molecule has 2 aromatic rings. The van der Waals surface area contributed by atoms with Crippen LogP contribution in [0.4, 0.5) is 11.6 Å². The maximum atomic E-state index is 12.4. The van der Waals surface area contributed by atoms with Crippen LogP contribution in [0, 0.1) is 6.92 Å². The molecule has 140 valence electrons. The lowest BCUT2D eigenvalue weighted by Crippen LogP contribution is -2.49. The number of hydrogen-bond donors (Lipinski definition) is 1. The van der Waals surface area contributed by atoms with E-state index in [4.69, 9.17) is 4.42 Å². The molecule has 26 heavy (non-hydrogen) atoms. The van der Waals surface area contributed by atoms with E-state index in [0.717, 1.165) is 43.6 Å². The molecule has 1 saturated heterocycles. The normalized spacial score (nSPS) is 14.8. The Morgan fingerprint density at radius 1 is 1.27 bits per heavy atom. The highest BCUT2D eigenvalue weighted by Gasteiger charge is 2.24. The first kappa shape index (κ1) is 18.2. The predicted molar refractivity (Wildman–Crippen MR) is 101 cm³/mol. The number of rotatable bonds is 6. The molecular weight excluding hydrogens is 332 g/mol. The minimum atomic E-state index is -0.0560. The SMILES string of the molecule is Cc1nc(NCCN(C)C)cc(N2CCN(C(=O)c3ccco3)CC2)n1. The van der Waals surface area contributed by atoms with Crippen LogP contribution < -0.4 is 10.2 Å². The van der Waals surface area contributed by atoms with E-state index in [2.05, 4.69) is 25.1 Å². The van der Waals surface area contributed by atoms with Crippen LogP contribution in [0.1, 0.15) is 16.4 Å². The number of carbonyl (C=O) groups excluding carboxylic acids is 1. The minimum Gasteiger partial charge on any atom is -0.459 e. The van der Waals surface area contributed by atoms with Crippen LogP contribution in [-0.2, 0) is 0 Å². The monoisotopic (exact) mass is 358 g/mol. The summed E-state index contributed by atoms with van der Waals surface area (Å²) in [6.07, 6.45) is 1.53. The van der Waals surface area contributed by atoms with Gasteiger partial charge in [-0.3, -0.25) is 4.79 Å². The topological polar surface area (TPSA) is 77.7 Å². The number of aromatic nitrogens is 2. The molecule has 0 atom stereocenters. The lowest BCUT2D eigenvalue weighted by atomic mass is 10.2. The van der Waals surface area contributed by atoms with E-state index in [-0.39, 0.29) is 5.91 Å². The Morgan fingerprint density at radius 3 is 2.69 bits per heavy atom. The van der Waals surface area contributed by atoms with Crippen molar-refractivity contribution in [2.75, 3.05) is 63.6 Å². The number of aryl methyl sites for hydroxylation is 1. The third-order valence-electron chi connectivity index (χ3n) is 4.31. The van der Waals surface area contributed by atoms with Gasteiger partial charge in [0.2, 0.25) is 0 Å². The Kier molecular flexibility index (Phi) is 5.72. The van der Waals surface area contributed by atoms with Crippen molar-refractivity contribution in [3.63, 3.8) is 0 Å². The standard InChI is InChI=1S/C18H26N6O2/c1-14-20-16(19-6-7-22(2)3)13-17(21-14)23-8-10-24(11-9-23)18(25)15-5-4-12-26-15/h4-5,12-13H,6-11H2,1-3H3,(H,19,20,21). The second-order valence-corrected chi connectivity index (χ2v) is 6.65. The van der Waals surface area contributed by atoms with E-state index < -0.39 is 0 Å². The van der Waals surface area contributed by atoms with Gasteiger partial charge in [0.15, 0.2) is 5.76 Å². The molecule has 1 N–H and O–H groups in total. The van der Waals surface area contributed by atoms with Gasteiger partial charge < -0.3 is 24.4 Å². The number of nitrogens with one attached hydrogen (secondary N) is 1. The lowest BCUT2D eigenvalue weighted by Gasteiger charge is -2.35. The van der Waals surface area contributed by atoms with Gasteiger partial charge in [0, 0.05) is 45.3 Å². The van der Waals surface area contributed by atoms with Crippen molar-refractivity contribution in [3.8, 4) is 0 Å². The zero-order chi connectivity index (χ0) is 18.5. The number of hydrogen-bond acceptors (Lipinski definition) is 7. The number of nitrogens with zero attached hydrogens (tertiary/aromatic N) is 5. The maximum absolute atomic E-state index is 12.4. The fourth-order valence-corrected chi connectivity index (χ4v) is 2.91. The quantitative estimate of drug-likeness (QED) is 0.834. The molecule has 1 fully saturated rings. The average molecular weight is 358 g/mol. The van der Waals surface area contributed by atoms with Gasteiger partial charge in [-0.15, -0.1) is 0 Å². The average Bonchev–Trinajstić information content (AvgIpc) is 3.15. The number of amides is 1. The molecule has 2 aromatic heterocycles. The fraction of sp³-hybridized carbons (Fsp3) is 0.500. The summed E-state index contributed by atoms with van der Waals surface area (Å²) in [6.45, 7) is 6.43. The smallest absolute Gasteiger partial charge is 0.289 e. The molecule has 8 heteroatoms. The summed E-state index contributed by atoms with van der Waals surface area (Å²) >= 11 is 0. The van der Waals surface area contributed by atoms with Crippen LogP contribution in [0.2, 0.25) is 0 Å². The highest BCUT2D eigenvalue weighted by atomic mass is 16.3. The number of anilines is 2. The zero-order valence-corrected chi connectivity index (χ0v) is 15.6. The van der Waals surface area contributed by atoms with Gasteiger partial charge in [-0.2, -0.15) is 0 Å². The van der Waals surface area contributed by atoms with E-state index >= 15 is 0 Å². The summed E-state index contributed by atoms with van der Waals surface area (Å²) in [7, 11) is 4.09. The molecule has 0 aliphatic carbocycles. The largest absolute Gasteiger partial charge is 0.459 e. The summed E-state index contributed by atoms with van der Waals surface area (Å²) in [5, 5.41) is 3.35. The molecular formula is C18H26N6O2. The van der Waals surface area contributed by atoms with Crippen molar-refractivity contribution in [3.05, 3.63) is 36.0 Å². The molecule has 0 radical (unpaired) electrons. The molecule has 1 aliphatic rings. The van der Waals surface area contributed by atoms with Crippen molar-refractivity contribution >= 4 is 17.5 Å². The number of carbonyl (C=O) groups is 1. The highest BCUT2D eigenvalue weighted by molar-refractivity contribution is 5.91. The highest BCUT2D eigenvalue weighted by Crippen LogP contribution is 2.18. The van der Waals surface area contributed by atoms with E-state index in [1.165, 1.54) is 6.26 Å². The van der Waals surface area contributed by atoms with E-state index in [0.29, 0.717) is 18.8 Å². The number of piperazine rings is 1. The summed E-state index contributed by atoms with van der Waals surface area (Å²) in [5.74, 6) is 2.81. The van der Waals surface area contributed by atoms with Crippen LogP contribution in [0.3, 0.4) is 0 Å². The number of furan rings is 1. The van der Waals surface area contributed by atoms with Gasteiger partial charge in [0.1, 0.15) is 17.5 Å². The molecule has 1 amide bonds. The second-order valence-electron chi connectivity index (χ2n) is 6.65. The molecule has 8 nitrogen and oxygen atoms in total. The van der Waals surface area contributed by atoms with Crippen molar-refractivity contribution in [1.82, 2.24) is 19.8 Å². The molecule has 1 aliphatic heterocycles. The van der Waals surface area contributed by atoms with Gasteiger partial charge in [0.25, 0.3) is 5.91 Å². The first-order valence-corrected chi connectivity index (χ1v) is 8.85. The second kappa shape index (κ2) is 8.18. The van der Waals surface area contributed by atoms with Crippen LogP contribution in [0.15, 0.2) is 28.9 Å². The maximum Gasteiger partial charge on any atom is 0.289 e. The first-order valence-electron chi connectivity index (χ1n) is 8.85. The summed E-state index contributed by atoms with van der Waals surface area (Å²) in [5.41, 5.74) is 0. The molecule has 0 unspecified atom stereocenters. The molecule has 0 saturated carbocycles. The van der Waals surface area contributed by atoms with Crippen LogP contribution in [0.5, 0.6) is 0 Å². The van der Waals surface area contributed by atoms with Crippen molar-refractivity contribution < 1.29 is 9.21 Å². The van der Waals surface area contributed by atoms with E-state index in [9.17, 15) is 4.79 Å². The third-order valence-corrected chi connectivity index (χ3v) is 4.31. The Hall–Kier alpha value is -2.61. The molecule has 3 rings (SSSR count). The predicted octanol–water partition coefficient (Wildman–Crippen LogP) is 1.31. The zero-order valence-electron chi connectivity index (χ0n) is 15.6. The van der Waals surface area contributed by atoms with Crippen molar-refractivity contribution in [1.29, 1.82) is 0 Å². The Morgan fingerprint density at radius 2 is 2.04 bits per heavy atom. The first-order chi connectivity index (χ1) is 12.5. The van der Waals surface area contributed by atoms with Gasteiger partial charge >= 0.3 is 0 Å². The Balaban J connectivity index is 1.60. The lowest BCUT2D eigenvalue weighted by molar-refractivity contribution is 0.0714. The molecule has 0 aromatic carbocycles. The summed E-state index contributed by atoms with van der Waals surface area (Å²) in [6, 6.07) is 5.42. The van der Waals surface area contributed by atoms with Gasteiger partial charge in [-0.25, -0.2) is 9.97 Å². The van der Waals surface area contributed by atoms with E-state index in [1.807, 2.05) is 32.0 Å². The van der Waals surface area contributed by atoms with Crippen LogP contribution in [-0.4, -0.2) is 79.0 Å². The van der Waals surface area contributed by atoms with Gasteiger partial charge in [-0.1, -0.05) is 0 Å². The summed E-state index contributed by atoms with van der Waals surface area (Å²) in [4.78, 5) is 27.5. The fourth-order valence-electron chi connectivity index (χ4n) is 2.91. The van der Waals surface area contributed by atoms with Crippen molar-refractivity contribution in [2.24, 2.45) is 0 Å². The van der Waals surface area contributed by atoms with Gasteiger partial charge in [-0.05, 0) is 33.2 Å². The van der Waals surface area contributed by atoms with Crippen LogP contribution in [0.25, 0.3) is 0 Å². The Bertz CT molecular complexity index is 723. The molecule has 0 bridgehead atoms. The van der Waals surface area contributed by atoms with Crippen LogP contribution >= 0.6 is 0 Å². The number of likely N-dealkylation sites (N-methyl/N-ethyl adjacent to an activating group) is 1. The molecule has 3 heterocycles. The van der Waals surface area contributed by atoms with E-state index in [1.54, 1.807) is 12.1 Å². The summed E-state index contributed by atoms with van der Waals surface area (Å²) < 4.78 is 5.21. The Labute approximate surface area is 153 Å².